The van der Waals surface area contributed by atoms with E-state index in [1.165, 1.54) is 6.92 Å². The molecule has 0 radical (unpaired) electrons. The molecule has 342 valence electrons. The van der Waals surface area contributed by atoms with Crippen molar-refractivity contribution in [3.63, 3.8) is 0 Å². The van der Waals surface area contributed by atoms with Crippen LogP contribution in [0.3, 0.4) is 0 Å². The first-order chi connectivity index (χ1) is 27.7. The van der Waals surface area contributed by atoms with Gasteiger partial charge in [-0.25, -0.2) is 0 Å². The van der Waals surface area contributed by atoms with Crippen LogP contribution in [-0.4, -0.2) is 130 Å². The maximum Gasteiger partial charge on any atom is 0.481 e. The standard InChI is InChI=1S/C39H70BN7O13/c1-21(2)19-28(46-34(55)26(14-16-30(50)51)45-37(58)32(23(5)48)42-24(6)49)36(57)43-25(13-11-12-18-41)33(54)44-27(15-17-31(52)53)35(56)47-29(20-22(3)4)40-59-38(7,8)39(9,10)60-40/h21-23,25-29,32,48H,11-20,41H2,1-10H3,(H,42,49)(H,43,57)(H,44,54)(H,45,58)(H,46,55)(H,47,56)(H,50,51)(H,52,53)/t23-,25+,26+,27+,28+,29?,32+/m1/s1. The number of aliphatic carboxylic acids is 2. The lowest BCUT2D eigenvalue weighted by Gasteiger charge is -2.32. The van der Waals surface area contributed by atoms with Crippen molar-refractivity contribution in [2.45, 2.75) is 180 Å². The molecule has 0 aromatic carbocycles. The van der Waals surface area contributed by atoms with Crippen LogP contribution in [0.1, 0.15) is 127 Å². The molecule has 0 aromatic heterocycles. The van der Waals surface area contributed by atoms with Gasteiger partial charge in [-0.3, -0.25) is 38.4 Å². The lowest BCUT2D eigenvalue weighted by molar-refractivity contribution is -0.139. The highest BCUT2D eigenvalue weighted by atomic mass is 16.7. The third kappa shape index (κ3) is 18.5. The maximum atomic E-state index is 14.0. The predicted octanol–water partition coefficient (Wildman–Crippen LogP) is -0.122. The molecular weight excluding hydrogens is 785 g/mol. The second-order valence-corrected chi connectivity index (χ2v) is 17.3. The average Bonchev–Trinajstić information content (AvgIpc) is 3.34. The molecule has 7 atom stereocenters. The normalized spacial score (nSPS) is 17.9. The van der Waals surface area contributed by atoms with E-state index in [0.29, 0.717) is 19.3 Å². The van der Waals surface area contributed by atoms with Crippen molar-refractivity contribution in [3.8, 4) is 0 Å². The van der Waals surface area contributed by atoms with E-state index in [1.807, 2.05) is 41.5 Å². The highest BCUT2D eigenvalue weighted by Crippen LogP contribution is 2.38. The Morgan fingerprint density at radius 3 is 1.38 bits per heavy atom. The summed E-state index contributed by atoms with van der Waals surface area (Å²) in [6, 6.07) is -6.93. The third-order valence-corrected chi connectivity index (χ3v) is 10.3. The topological polar surface area (TPSA) is 314 Å². The summed E-state index contributed by atoms with van der Waals surface area (Å²) < 4.78 is 12.4. The van der Waals surface area contributed by atoms with Crippen LogP contribution in [0, 0.1) is 11.8 Å². The molecule has 0 saturated carbocycles. The Morgan fingerprint density at radius 1 is 0.583 bits per heavy atom. The SMILES string of the molecule is CC(=O)N[C@H](C(=O)N[C@@H](CCC(=O)O)C(=O)N[C@@H](CC(C)C)C(=O)N[C@@H](CCCCN)C(=O)N[C@@H](CCC(=O)O)C(=O)NC(CC(C)C)B1OC(C)(C)C(C)(C)O1)[C@@H](C)O. The zero-order valence-electron chi connectivity index (χ0n) is 36.8. The van der Waals surface area contributed by atoms with Gasteiger partial charge in [-0.1, -0.05) is 27.7 Å². The van der Waals surface area contributed by atoms with Crippen LogP contribution in [0.5, 0.6) is 0 Å². The molecule has 0 aliphatic carbocycles. The van der Waals surface area contributed by atoms with Crippen molar-refractivity contribution in [2.75, 3.05) is 6.54 Å². The Hall–Kier alpha value is -4.34. The molecule has 1 saturated heterocycles. The van der Waals surface area contributed by atoms with E-state index in [2.05, 4.69) is 31.9 Å². The van der Waals surface area contributed by atoms with Gasteiger partial charge < -0.3 is 62.3 Å². The number of carbonyl (C=O) groups is 8. The van der Waals surface area contributed by atoms with Crippen LogP contribution in [0.4, 0.5) is 0 Å². The predicted molar refractivity (Wildman–Crippen MR) is 221 cm³/mol. The van der Waals surface area contributed by atoms with E-state index < -0.39 is 127 Å². The van der Waals surface area contributed by atoms with Crippen molar-refractivity contribution < 1.29 is 63.0 Å². The quantitative estimate of drug-likeness (QED) is 0.0381. The van der Waals surface area contributed by atoms with Crippen LogP contribution in [0.2, 0.25) is 0 Å². The molecule has 0 bridgehead atoms. The van der Waals surface area contributed by atoms with E-state index in [1.54, 1.807) is 13.8 Å². The molecule has 1 rings (SSSR count). The van der Waals surface area contributed by atoms with E-state index in [9.17, 15) is 53.7 Å². The van der Waals surface area contributed by atoms with Crippen LogP contribution in [0.25, 0.3) is 0 Å². The molecule has 20 nitrogen and oxygen atoms in total. The summed E-state index contributed by atoms with van der Waals surface area (Å²) in [6.45, 7) is 17.5. The third-order valence-electron chi connectivity index (χ3n) is 10.3. The van der Waals surface area contributed by atoms with E-state index in [0.717, 1.165) is 6.92 Å². The first-order valence-corrected chi connectivity index (χ1v) is 20.7. The summed E-state index contributed by atoms with van der Waals surface area (Å²) in [7, 11) is -0.845. The number of aliphatic hydroxyl groups is 1. The molecule has 11 N–H and O–H groups in total. The lowest BCUT2D eigenvalue weighted by atomic mass is 9.74. The van der Waals surface area contributed by atoms with Crippen molar-refractivity contribution in [1.29, 1.82) is 0 Å². The number of rotatable bonds is 27. The smallest absolute Gasteiger partial charge is 0.481 e. The van der Waals surface area contributed by atoms with Gasteiger partial charge in [0, 0.05) is 19.8 Å². The maximum absolute atomic E-state index is 14.0. The first-order valence-electron chi connectivity index (χ1n) is 20.7. The van der Waals surface area contributed by atoms with Gasteiger partial charge in [-0.15, -0.1) is 0 Å². The number of amides is 6. The molecule has 21 heteroatoms. The van der Waals surface area contributed by atoms with Crippen LogP contribution >= 0.6 is 0 Å². The van der Waals surface area contributed by atoms with E-state index in [-0.39, 0.29) is 37.6 Å². The van der Waals surface area contributed by atoms with Crippen LogP contribution in [0.15, 0.2) is 0 Å². The molecular formula is C39H70BN7O13. The van der Waals surface area contributed by atoms with Crippen molar-refractivity contribution in [1.82, 2.24) is 31.9 Å². The van der Waals surface area contributed by atoms with Crippen LogP contribution in [-0.2, 0) is 47.7 Å². The number of hydrogen-bond acceptors (Lipinski definition) is 12. The van der Waals surface area contributed by atoms with Gasteiger partial charge in [0.25, 0.3) is 0 Å². The molecule has 0 spiro atoms. The van der Waals surface area contributed by atoms with Crippen LogP contribution < -0.4 is 37.6 Å². The fourth-order valence-electron chi connectivity index (χ4n) is 6.32. The largest absolute Gasteiger partial charge is 0.481 e. The minimum absolute atomic E-state index is 0.0380. The molecule has 1 fully saturated rings. The molecule has 1 aliphatic heterocycles. The highest BCUT2D eigenvalue weighted by Gasteiger charge is 2.54. The summed E-state index contributed by atoms with van der Waals surface area (Å²) in [5.41, 5.74) is 4.29. The fraction of sp³-hybridized carbons (Fsp3) is 0.795. The van der Waals surface area contributed by atoms with Crippen molar-refractivity contribution in [3.05, 3.63) is 0 Å². The van der Waals surface area contributed by atoms with Crippen molar-refractivity contribution in [2.24, 2.45) is 17.6 Å². The second-order valence-electron chi connectivity index (χ2n) is 17.3. The second kappa shape index (κ2) is 24.8. The number of carboxylic acids is 2. The van der Waals surface area contributed by atoms with Gasteiger partial charge in [0.05, 0.1) is 23.2 Å². The van der Waals surface area contributed by atoms with Gasteiger partial charge >= 0.3 is 19.1 Å². The first kappa shape index (κ1) is 53.7. The molecule has 1 aliphatic rings. The fourth-order valence-corrected chi connectivity index (χ4v) is 6.32. The van der Waals surface area contributed by atoms with E-state index in [4.69, 9.17) is 15.0 Å². The summed E-state index contributed by atoms with van der Waals surface area (Å²) in [5.74, 6) is -8.14. The Labute approximate surface area is 353 Å². The summed E-state index contributed by atoms with van der Waals surface area (Å²) in [6.07, 6.45) is -1.77. The summed E-state index contributed by atoms with van der Waals surface area (Å²) in [4.78, 5) is 103. The zero-order valence-corrected chi connectivity index (χ0v) is 36.8. The number of aliphatic hydroxyl groups excluding tert-OH is 1. The number of nitrogens with one attached hydrogen (secondary N) is 6. The summed E-state index contributed by atoms with van der Waals surface area (Å²) >= 11 is 0. The Morgan fingerprint density at radius 2 is 0.983 bits per heavy atom. The zero-order chi connectivity index (χ0) is 46.1. The van der Waals surface area contributed by atoms with Gasteiger partial charge in [0.15, 0.2) is 0 Å². The highest BCUT2D eigenvalue weighted by molar-refractivity contribution is 6.48. The van der Waals surface area contributed by atoms with Gasteiger partial charge in [-0.2, -0.15) is 0 Å². The number of hydrogen-bond donors (Lipinski definition) is 10. The number of carbonyl (C=O) groups excluding carboxylic acids is 6. The lowest BCUT2D eigenvalue weighted by Crippen LogP contribution is -2.60. The Balaban J connectivity index is 3.42. The Bertz CT molecular complexity index is 1480. The van der Waals surface area contributed by atoms with Gasteiger partial charge in [0.1, 0.15) is 30.2 Å². The number of carboxylic acid groups (broad SMARTS) is 2. The monoisotopic (exact) mass is 856 g/mol. The van der Waals surface area contributed by atoms with Crippen molar-refractivity contribution >= 4 is 54.5 Å². The Kier molecular flexibility index (Phi) is 22.2. The molecule has 6 amide bonds. The van der Waals surface area contributed by atoms with E-state index >= 15 is 0 Å². The van der Waals surface area contributed by atoms with Gasteiger partial charge in [-0.05, 0) is 97.9 Å². The average molecular weight is 856 g/mol. The molecule has 1 heterocycles. The minimum Gasteiger partial charge on any atom is -0.481 e. The van der Waals surface area contributed by atoms with Gasteiger partial charge in [0.2, 0.25) is 35.4 Å². The molecule has 1 unspecified atom stereocenters. The number of nitrogens with two attached hydrogens (primary N) is 1. The minimum atomic E-state index is -1.51. The molecule has 0 aromatic rings. The number of unbranched alkanes of at least 4 members (excludes halogenated alkanes) is 1. The summed E-state index contributed by atoms with van der Waals surface area (Å²) in [5, 5.41) is 44.3. The molecule has 60 heavy (non-hydrogen) atoms.